The number of nitrogens with zero attached hydrogens (tertiary/aromatic N) is 2. The van der Waals surface area contributed by atoms with Gasteiger partial charge in [-0.05, 0) is 31.4 Å². The molecular formula is C14H26N2O3S. The molecule has 116 valence electrons. The molecule has 0 aromatic heterocycles. The molecule has 6 heteroatoms. The summed E-state index contributed by atoms with van der Waals surface area (Å²) < 4.78 is 0. The van der Waals surface area contributed by atoms with E-state index in [0.29, 0.717) is 18.9 Å². The highest BCUT2D eigenvalue weighted by atomic mass is 32.2. The summed E-state index contributed by atoms with van der Waals surface area (Å²) in [5, 5.41) is 9.34. The molecule has 0 radical (unpaired) electrons. The molecule has 20 heavy (non-hydrogen) atoms. The number of aliphatic carboxylic acids is 1. The number of amides is 2. The fourth-order valence-electron chi connectivity index (χ4n) is 2.66. The summed E-state index contributed by atoms with van der Waals surface area (Å²) in [6.45, 7) is 4.64. The lowest BCUT2D eigenvalue weighted by molar-refractivity contribution is -0.144. The van der Waals surface area contributed by atoms with Crippen molar-refractivity contribution in [3.05, 3.63) is 0 Å². The van der Waals surface area contributed by atoms with Crippen LogP contribution in [0.2, 0.25) is 0 Å². The summed E-state index contributed by atoms with van der Waals surface area (Å²) in [5.41, 5.74) is 0. The van der Waals surface area contributed by atoms with Gasteiger partial charge in [0.2, 0.25) is 0 Å². The van der Waals surface area contributed by atoms with Gasteiger partial charge < -0.3 is 14.9 Å². The first-order valence-corrected chi connectivity index (χ1v) is 8.56. The first-order valence-electron chi connectivity index (χ1n) is 7.17. The van der Waals surface area contributed by atoms with Crippen molar-refractivity contribution in [1.82, 2.24) is 9.80 Å². The van der Waals surface area contributed by atoms with E-state index in [1.807, 2.05) is 13.2 Å². The van der Waals surface area contributed by atoms with Crippen molar-refractivity contribution in [2.75, 3.05) is 25.6 Å². The van der Waals surface area contributed by atoms with E-state index in [4.69, 9.17) is 0 Å². The van der Waals surface area contributed by atoms with Gasteiger partial charge in [0.05, 0.1) is 0 Å². The highest BCUT2D eigenvalue weighted by Gasteiger charge is 2.37. The zero-order chi connectivity index (χ0) is 15.3. The Hall–Kier alpha value is -0.910. The molecule has 3 unspecified atom stereocenters. The van der Waals surface area contributed by atoms with Gasteiger partial charge in [-0.1, -0.05) is 13.8 Å². The summed E-state index contributed by atoms with van der Waals surface area (Å²) >= 11 is 1.71. The fourth-order valence-corrected chi connectivity index (χ4v) is 3.50. The van der Waals surface area contributed by atoms with Crippen LogP contribution in [0.25, 0.3) is 0 Å². The lowest BCUT2D eigenvalue weighted by Crippen LogP contribution is -2.55. The van der Waals surface area contributed by atoms with Crippen molar-refractivity contribution >= 4 is 23.8 Å². The Bertz CT molecular complexity index is 351. The molecule has 0 aromatic carbocycles. The van der Waals surface area contributed by atoms with Crippen LogP contribution >= 0.6 is 11.8 Å². The summed E-state index contributed by atoms with van der Waals surface area (Å²) in [6, 6.07) is -0.669. The molecule has 2 amide bonds. The van der Waals surface area contributed by atoms with Crippen LogP contribution in [0.4, 0.5) is 4.79 Å². The number of hydrogen-bond donors (Lipinski definition) is 1. The van der Waals surface area contributed by atoms with Crippen molar-refractivity contribution in [1.29, 1.82) is 0 Å². The first kappa shape index (κ1) is 17.1. The average molecular weight is 302 g/mol. The smallest absolute Gasteiger partial charge is 0.326 e. The SMILES string of the molecule is CCC(CSC)N(C)C(=O)N1CCC(C)CC1C(=O)O. The Labute approximate surface area is 125 Å². The number of carbonyl (C=O) groups excluding carboxylic acids is 1. The van der Waals surface area contributed by atoms with Crippen LogP contribution in [0.15, 0.2) is 0 Å². The third-order valence-corrected chi connectivity index (χ3v) is 4.79. The quantitative estimate of drug-likeness (QED) is 0.847. The second kappa shape index (κ2) is 7.76. The van der Waals surface area contributed by atoms with E-state index in [2.05, 4.69) is 6.92 Å². The molecule has 1 rings (SSSR count). The van der Waals surface area contributed by atoms with Gasteiger partial charge in [0.15, 0.2) is 0 Å². The molecule has 1 N–H and O–H groups in total. The van der Waals surface area contributed by atoms with Gasteiger partial charge in [0.25, 0.3) is 0 Å². The summed E-state index contributed by atoms with van der Waals surface area (Å²) in [7, 11) is 1.78. The standard InChI is InChI=1S/C14H26N2O3S/c1-5-11(9-20-4)15(3)14(19)16-7-6-10(2)8-12(16)13(17)18/h10-12H,5-9H2,1-4H3,(H,17,18). The third-order valence-electron chi connectivity index (χ3n) is 4.08. The topological polar surface area (TPSA) is 60.9 Å². The van der Waals surface area contributed by atoms with Crippen LogP contribution in [0.3, 0.4) is 0 Å². The Balaban J connectivity index is 2.79. The second-order valence-electron chi connectivity index (χ2n) is 5.59. The monoisotopic (exact) mass is 302 g/mol. The predicted octanol–water partition coefficient (Wildman–Crippen LogP) is 2.36. The second-order valence-corrected chi connectivity index (χ2v) is 6.50. The van der Waals surface area contributed by atoms with Crippen LogP contribution in [0.1, 0.15) is 33.1 Å². The molecule has 3 atom stereocenters. The van der Waals surface area contributed by atoms with Gasteiger partial charge in [-0.15, -0.1) is 0 Å². The number of rotatable bonds is 5. The number of likely N-dealkylation sites (tertiary alicyclic amines) is 1. The zero-order valence-electron chi connectivity index (χ0n) is 12.8. The normalized spacial score (nSPS) is 24.3. The van der Waals surface area contributed by atoms with Crippen LogP contribution in [-0.4, -0.2) is 64.6 Å². The number of urea groups is 1. The van der Waals surface area contributed by atoms with E-state index < -0.39 is 12.0 Å². The first-order chi connectivity index (χ1) is 9.42. The number of thioether (sulfide) groups is 1. The summed E-state index contributed by atoms with van der Waals surface area (Å²) in [5.74, 6) is 0.343. The molecule has 1 saturated heterocycles. The molecule has 0 aliphatic carbocycles. The predicted molar refractivity (Wildman–Crippen MR) is 82.1 cm³/mol. The lowest BCUT2D eigenvalue weighted by Gasteiger charge is -2.40. The van der Waals surface area contributed by atoms with Gasteiger partial charge in [-0.25, -0.2) is 9.59 Å². The minimum absolute atomic E-state index is 0.148. The van der Waals surface area contributed by atoms with Gasteiger partial charge in [0, 0.05) is 25.4 Å². The summed E-state index contributed by atoms with van der Waals surface area (Å²) in [6.07, 6.45) is 4.32. The molecule has 0 spiro atoms. The van der Waals surface area contributed by atoms with Gasteiger partial charge >= 0.3 is 12.0 Å². The molecule has 1 fully saturated rings. The minimum atomic E-state index is -0.892. The molecule has 0 aromatic rings. The molecule has 1 heterocycles. The van der Waals surface area contributed by atoms with Gasteiger partial charge in [-0.2, -0.15) is 11.8 Å². The van der Waals surface area contributed by atoms with Crippen LogP contribution in [0.5, 0.6) is 0 Å². The third kappa shape index (κ3) is 4.04. The maximum absolute atomic E-state index is 12.6. The van der Waals surface area contributed by atoms with Gasteiger partial charge in [0.1, 0.15) is 6.04 Å². The fraction of sp³-hybridized carbons (Fsp3) is 0.857. The van der Waals surface area contributed by atoms with Crippen LogP contribution in [-0.2, 0) is 4.79 Å². The van der Waals surface area contributed by atoms with Crippen LogP contribution < -0.4 is 0 Å². The number of carboxylic acid groups (broad SMARTS) is 1. The molecule has 0 saturated carbocycles. The number of carboxylic acids is 1. The van der Waals surface area contributed by atoms with E-state index in [9.17, 15) is 14.7 Å². The van der Waals surface area contributed by atoms with Crippen molar-refractivity contribution < 1.29 is 14.7 Å². The Morgan fingerprint density at radius 1 is 1.50 bits per heavy atom. The maximum Gasteiger partial charge on any atom is 0.326 e. The highest BCUT2D eigenvalue weighted by Crippen LogP contribution is 2.24. The number of piperidine rings is 1. The van der Waals surface area contributed by atoms with Crippen molar-refractivity contribution in [3.8, 4) is 0 Å². The van der Waals surface area contributed by atoms with Gasteiger partial charge in [-0.3, -0.25) is 0 Å². The molecule has 1 aliphatic heterocycles. The van der Waals surface area contributed by atoms with Crippen molar-refractivity contribution in [3.63, 3.8) is 0 Å². The van der Waals surface area contributed by atoms with E-state index >= 15 is 0 Å². The number of hydrogen-bond acceptors (Lipinski definition) is 3. The minimum Gasteiger partial charge on any atom is -0.480 e. The van der Waals surface area contributed by atoms with E-state index in [1.165, 1.54) is 4.90 Å². The molecular weight excluding hydrogens is 276 g/mol. The average Bonchev–Trinajstić information content (AvgIpc) is 2.43. The Morgan fingerprint density at radius 2 is 2.15 bits per heavy atom. The van der Waals surface area contributed by atoms with E-state index in [0.717, 1.165) is 18.6 Å². The number of carbonyl (C=O) groups is 2. The molecule has 1 aliphatic rings. The zero-order valence-corrected chi connectivity index (χ0v) is 13.7. The maximum atomic E-state index is 12.6. The summed E-state index contributed by atoms with van der Waals surface area (Å²) in [4.78, 5) is 27.2. The largest absolute Gasteiger partial charge is 0.480 e. The Kier molecular flexibility index (Phi) is 6.65. The van der Waals surface area contributed by atoms with E-state index in [-0.39, 0.29) is 12.1 Å². The molecule has 0 bridgehead atoms. The van der Waals surface area contributed by atoms with E-state index in [1.54, 1.807) is 23.7 Å². The van der Waals surface area contributed by atoms with Crippen LogP contribution in [0, 0.1) is 5.92 Å². The molecule has 5 nitrogen and oxygen atoms in total. The highest BCUT2D eigenvalue weighted by molar-refractivity contribution is 7.98. The lowest BCUT2D eigenvalue weighted by atomic mass is 9.92. The van der Waals surface area contributed by atoms with Crippen molar-refractivity contribution in [2.24, 2.45) is 5.92 Å². The Morgan fingerprint density at radius 3 is 2.65 bits per heavy atom. The van der Waals surface area contributed by atoms with Crippen molar-refractivity contribution in [2.45, 2.75) is 45.2 Å².